The zero-order valence-electron chi connectivity index (χ0n) is 11.9. The Balaban J connectivity index is 2.23. The zero-order valence-corrected chi connectivity index (χ0v) is 13.5. The fourth-order valence-electron chi connectivity index (χ4n) is 2.53. The summed E-state index contributed by atoms with van der Waals surface area (Å²) >= 11 is 12.5. The summed E-state index contributed by atoms with van der Waals surface area (Å²) in [5.74, 6) is 1.07. The third-order valence-electron chi connectivity index (χ3n) is 3.64. The lowest BCUT2D eigenvalue weighted by Crippen LogP contribution is -2.31. The van der Waals surface area contributed by atoms with Gasteiger partial charge in [-0.05, 0) is 31.4 Å². The van der Waals surface area contributed by atoms with Crippen LogP contribution < -0.4 is 0 Å². The highest BCUT2D eigenvalue weighted by Crippen LogP contribution is 2.31. The molecule has 2 aromatic rings. The van der Waals surface area contributed by atoms with Gasteiger partial charge in [0.15, 0.2) is 0 Å². The molecule has 1 aromatic heterocycles. The van der Waals surface area contributed by atoms with Crippen LogP contribution in [0.2, 0.25) is 0 Å². The van der Waals surface area contributed by atoms with Gasteiger partial charge in [-0.15, -0.1) is 23.2 Å². The maximum absolute atomic E-state index is 6.27. The van der Waals surface area contributed by atoms with Crippen LogP contribution in [-0.2, 0) is 19.9 Å². The topological polar surface area (TPSA) is 17.8 Å². The molecule has 0 amide bonds. The molecule has 4 heteroatoms. The Morgan fingerprint density at radius 2 is 1.75 bits per heavy atom. The van der Waals surface area contributed by atoms with Crippen LogP contribution in [0.4, 0.5) is 0 Å². The molecule has 0 saturated heterocycles. The number of hydrogen-bond donors (Lipinski definition) is 0. The number of alkyl halides is 2. The predicted octanol–water partition coefficient (Wildman–Crippen LogP) is 3.98. The third-order valence-corrected chi connectivity index (χ3v) is 4.78. The van der Waals surface area contributed by atoms with Crippen molar-refractivity contribution < 1.29 is 0 Å². The highest BCUT2D eigenvalue weighted by Gasteiger charge is 2.30. The molecule has 0 aliphatic heterocycles. The van der Waals surface area contributed by atoms with Gasteiger partial charge in [0.1, 0.15) is 0 Å². The Bertz CT molecular complexity index is 545. The first-order valence-electron chi connectivity index (χ1n) is 6.74. The molecule has 2 rings (SSSR count). The van der Waals surface area contributed by atoms with Crippen molar-refractivity contribution in [2.45, 2.75) is 19.8 Å². The van der Waals surface area contributed by atoms with Gasteiger partial charge in [0, 0.05) is 29.9 Å². The monoisotopic (exact) mass is 310 g/mol. The van der Waals surface area contributed by atoms with Gasteiger partial charge < -0.3 is 0 Å². The lowest BCUT2D eigenvalue weighted by Gasteiger charge is -2.29. The lowest BCUT2D eigenvalue weighted by molar-refractivity contribution is 0.363. The van der Waals surface area contributed by atoms with E-state index in [1.807, 2.05) is 24.7 Å². The average Bonchev–Trinajstić information content (AvgIpc) is 2.77. The van der Waals surface area contributed by atoms with Crippen molar-refractivity contribution >= 4 is 23.2 Å². The van der Waals surface area contributed by atoms with E-state index in [1.54, 1.807) is 0 Å². The minimum absolute atomic E-state index is 0.134. The maximum atomic E-state index is 6.27. The first-order chi connectivity index (χ1) is 9.58. The second-order valence-electron chi connectivity index (χ2n) is 5.51. The number of rotatable bonds is 6. The van der Waals surface area contributed by atoms with Crippen LogP contribution in [0.15, 0.2) is 36.4 Å². The quantitative estimate of drug-likeness (QED) is 0.738. The Labute approximate surface area is 130 Å². The molecule has 0 N–H and O–H groups in total. The lowest BCUT2D eigenvalue weighted by atomic mass is 9.81. The Morgan fingerprint density at radius 1 is 1.10 bits per heavy atom. The fraction of sp³-hybridized carbons (Fsp3) is 0.438. The molecule has 0 spiro atoms. The van der Waals surface area contributed by atoms with Gasteiger partial charge in [-0.2, -0.15) is 5.10 Å². The maximum Gasteiger partial charge on any atom is 0.0596 e. The van der Waals surface area contributed by atoms with Crippen LogP contribution in [0.3, 0.4) is 0 Å². The molecule has 0 unspecified atom stereocenters. The number of benzene rings is 1. The van der Waals surface area contributed by atoms with E-state index in [0.29, 0.717) is 11.8 Å². The van der Waals surface area contributed by atoms with Crippen LogP contribution in [0.5, 0.6) is 0 Å². The van der Waals surface area contributed by atoms with Gasteiger partial charge in [-0.25, -0.2) is 0 Å². The first-order valence-corrected chi connectivity index (χ1v) is 7.81. The molecule has 0 aliphatic rings. The molecule has 2 nitrogen and oxygen atoms in total. The summed E-state index contributed by atoms with van der Waals surface area (Å²) in [5, 5.41) is 4.40. The molecular weight excluding hydrogens is 291 g/mol. The Hall–Kier alpha value is -0.990. The predicted molar refractivity (Wildman–Crippen MR) is 85.7 cm³/mol. The van der Waals surface area contributed by atoms with Crippen molar-refractivity contribution in [1.29, 1.82) is 0 Å². The van der Waals surface area contributed by atoms with E-state index in [4.69, 9.17) is 23.2 Å². The third kappa shape index (κ3) is 3.56. The number of aromatic nitrogens is 2. The Kier molecular flexibility index (Phi) is 5.11. The van der Waals surface area contributed by atoms with Gasteiger partial charge in [-0.1, -0.05) is 30.3 Å². The molecule has 1 aromatic carbocycles. The highest BCUT2D eigenvalue weighted by atomic mass is 35.5. The molecule has 20 heavy (non-hydrogen) atoms. The van der Waals surface area contributed by atoms with E-state index in [0.717, 1.165) is 18.5 Å². The van der Waals surface area contributed by atoms with Gasteiger partial charge in [0.05, 0.1) is 5.69 Å². The number of halogens is 2. The fourth-order valence-corrected chi connectivity index (χ4v) is 3.19. The van der Waals surface area contributed by atoms with Crippen LogP contribution in [-0.4, -0.2) is 21.5 Å². The van der Waals surface area contributed by atoms with Crippen molar-refractivity contribution in [3.63, 3.8) is 0 Å². The van der Waals surface area contributed by atoms with Crippen molar-refractivity contribution in [1.82, 2.24) is 9.78 Å². The molecule has 0 aliphatic carbocycles. The van der Waals surface area contributed by atoms with Crippen LogP contribution in [0.25, 0.3) is 0 Å². The van der Waals surface area contributed by atoms with Gasteiger partial charge in [0.25, 0.3) is 0 Å². The largest absolute Gasteiger partial charge is 0.272 e. The minimum Gasteiger partial charge on any atom is -0.272 e. The summed E-state index contributed by atoms with van der Waals surface area (Å²) in [6, 6.07) is 12.5. The molecule has 108 valence electrons. The summed E-state index contributed by atoms with van der Waals surface area (Å²) in [6.45, 7) is 2.00. The van der Waals surface area contributed by atoms with E-state index in [1.165, 1.54) is 11.3 Å². The van der Waals surface area contributed by atoms with Gasteiger partial charge in [0.2, 0.25) is 0 Å². The van der Waals surface area contributed by atoms with Gasteiger partial charge >= 0.3 is 0 Å². The molecule has 0 atom stereocenters. The van der Waals surface area contributed by atoms with Crippen LogP contribution in [0.1, 0.15) is 17.0 Å². The van der Waals surface area contributed by atoms with E-state index < -0.39 is 0 Å². The minimum atomic E-state index is -0.134. The van der Waals surface area contributed by atoms with E-state index in [-0.39, 0.29) is 5.41 Å². The second kappa shape index (κ2) is 6.64. The molecule has 0 radical (unpaired) electrons. The molecule has 1 heterocycles. The van der Waals surface area contributed by atoms with Crippen molar-refractivity contribution in [2.75, 3.05) is 11.8 Å². The molecular formula is C16H20Cl2N2. The van der Waals surface area contributed by atoms with Crippen molar-refractivity contribution in [3.8, 4) is 0 Å². The molecule has 0 saturated carbocycles. The standard InChI is InChI=1S/C16H20Cl2N2/c1-13-8-15(20(2)19-13)10-16(11-17,12-18)9-14-6-4-3-5-7-14/h3-8H,9-12H2,1-2H3. The van der Waals surface area contributed by atoms with E-state index in [2.05, 4.69) is 35.4 Å². The SMILES string of the molecule is Cc1cc(CC(CCl)(CCl)Cc2ccccc2)n(C)n1. The van der Waals surface area contributed by atoms with E-state index >= 15 is 0 Å². The number of aryl methyl sites for hydroxylation is 2. The van der Waals surface area contributed by atoms with E-state index in [9.17, 15) is 0 Å². The van der Waals surface area contributed by atoms with Crippen LogP contribution in [0, 0.1) is 12.3 Å². The van der Waals surface area contributed by atoms with Crippen LogP contribution >= 0.6 is 23.2 Å². The molecule has 0 fully saturated rings. The normalized spacial score (nSPS) is 11.8. The second-order valence-corrected chi connectivity index (χ2v) is 6.04. The summed E-state index contributed by atoms with van der Waals surface area (Å²) in [7, 11) is 1.97. The van der Waals surface area contributed by atoms with Crippen molar-refractivity contribution in [3.05, 3.63) is 53.3 Å². The number of hydrogen-bond acceptors (Lipinski definition) is 1. The first kappa shape index (κ1) is 15.4. The smallest absolute Gasteiger partial charge is 0.0596 e. The van der Waals surface area contributed by atoms with Crippen molar-refractivity contribution in [2.24, 2.45) is 12.5 Å². The summed E-state index contributed by atoms with van der Waals surface area (Å²) in [4.78, 5) is 0. The summed E-state index contributed by atoms with van der Waals surface area (Å²) in [5.41, 5.74) is 3.35. The average molecular weight is 311 g/mol. The molecule has 0 bridgehead atoms. The Morgan fingerprint density at radius 3 is 2.25 bits per heavy atom. The summed E-state index contributed by atoms with van der Waals surface area (Å²) < 4.78 is 1.92. The zero-order chi connectivity index (χ0) is 14.6. The highest BCUT2D eigenvalue weighted by molar-refractivity contribution is 6.21. The number of nitrogens with zero attached hydrogens (tertiary/aromatic N) is 2. The van der Waals surface area contributed by atoms with Gasteiger partial charge in [-0.3, -0.25) is 4.68 Å². The summed E-state index contributed by atoms with van der Waals surface area (Å²) in [6.07, 6.45) is 1.72.